The summed E-state index contributed by atoms with van der Waals surface area (Å²) in [7, 11) is 1.66. The van der Waals surface area contributed by atoms with Crippen molar-refractivity contribution in [2.45, 2.75) is 6.42 Å². The topological polar surface area (TPSA) is 73.6 Å². The van der Waals surface area contributed by atoms with Gasteiger partial charge in [0.05, 0.1) is 6.61 Å². The average Bonchev–Trinajstić information content (AvgIpc) is 2.41. The number of carbonyl (C=O) groups excluding carboxylic acids is 1. The number of hydrogen-bond donors (Lipinski definition) is 2. The Morgan fingerprint density at radius 2 is 2.00 bits per heavy atom. The van der Waals surface area contributed by atoms with Crippen molar-refractivity contribution in [3.8, 4) is 5.75 Å². The first kappa shape index (κ1) is 14.5. The molecule has 100 valence electrons. The summed E-state index contributed by atoms with van der Waals surface area (Å²) in [5.74, 6) is 0.632. The SMILES string of the molecule is COCCCOc1ccc(C(=O)NCCN)cc1. The first-order chi connectivity index (χ1) is 8.77. The van der Waals surface area contributed by atoms with Crippen LogP contribution in [0.15, 0.2) is 24.3 Å². The monoisotopic (exact) mass is 252 g/mol. The number of rotatable bonds is 8. The molecule has 0 aliphatic carbocycles. The number of carbonyl (C=O) groups is 1. The van der Waals surface area contributed by atoms with Crippen LogP contribution in [-0.4, -0.2) is 39.3 Å². The highest BCUT2D eigenvalue weighted by Crippen LogP contribution is 2.12. The van der Waals surface area contributed by atoms with Gasteiger partial charge in [-0.15, -0.1) is 0 Å². The Kier molecular flexibility index (Phi) is 6.83. The van der Waals surface area contributed by atoms with Gasteiger partial charge < -0.3 is 20.5 Å². The molecule has 5 nitrogen and oxygen atoms in total. The molecule has 0 bridgehead atoms. The van der Waals surface area contributed by atoms with Crippen LogP contribution in [0.3, 0.4) is 0 Å². The number of amides is 1. The van der Waals surface area contributed by atoms with Gasteiger partial charge in [-0.2, -0.15) is 0 Å². The van der Waals surface area contributed by atoms with E-state index in [0.717, 1.165) is 12.2 Å². The van der Waals surface area contributed by atoms with Gasteiger partial charge in [-0.25, -0.2) is 0 Å². The van der Waals surface area contributed by atoms with Crippen molar-refractivity contribution >= 4 is 5.91 Å². The van der Waals surface area contributed by atoms with Gasteiger partial charge in [0.1, 0.15) is 5.75 Å². The Balaban J connectivity index is 2.39. The predicted octanol–water partition coefficient (Wildman–Crippen LogP) is 0.790. The van der Waals surface area contributed by atoms with Crippen LogP contribution in [0.1, 0.15) is 16.8 Å². The quantitative estimate of drug-likeness (QED) is 0.671. The predicted molar refractivity (Wildman–Crippen MR) is 69.8 cm³/mol. The minimum absolute atomic E-state index is 0.119. The Bertz CT molecular complexity index is 352. The second kappa shape index (κ2) is 8.49. The number of hydrogen-bond acceptors (Lipinski definition) is 4. The van der Waals surface area contributed by atoms with E-state index < -0.39 is 0 Å². The van der Waals surface area contributed by atoms with Crippen molar-refractivity contribution < 1.29 is 14.3 Å². The zero-order chi connectivity index (χ0) is 13.2. The largest absolute Gasteiger partial charge is 0.494 e. The fraction of sp³-hybridized carbons (Fsp3) is 0.462. The number of ether oxygens (including phenoxy) is 2. The summed E-state index contributed by atoms with van der Waals surface area (Å²) >= 11 is 0. The van der Waals surface area contributed by atoms with Crippen molar-refractivity contribution in [1.82, 2.24) is 5.32 Å². The highest BCUT2D eigenvalue weighted by atomic mass is 16.5. The van der Waals surface area contributed by atoms with Crippen LogP contribution in [0.4, 0.5) is 0 Å². The zero-order valence-electron chi connectivity index (χ0n) is 10.6. The van der Waals surface area contributed by atoms with Crippen LogP contribution in [0.25, 0.3) is 0 Å². The van der Waals surface area contributed by atoms with E-state index in [-0.39, 0.29) is 5.91 Å². The lowest BCUT2D eigenvalue weighted by atomic mass is 10.2. The molecule has 5 heteroatoms. The summed E-state index contributed by atoms with van der Waals surface area (Å²) < 4.78 is 10.4. The lowest BCUT2D eigenvalue weighted by Crippen LogP contribution is -2.28. The van der Waals surface area contributed by atoms with Crippen molar-refractivity contribution in [1.29, 1.82) is 0 Å². The molecule has 0 fully saturated rings. The third-order valence-electron chi connectivity index (χ3n) is 2.31. The Morgan fingerprint density at radius 3 is 2.61 bits per heavy atom. The van der Waals surface area contributed by atoms with E-state index in [1.807, 2.05) is 0 Å². The summed E-state index contributed by atoms with van der Waals surface area (Å²) in [6.07, 6.45) is 0.842. The van der Waals surface area contributed by atoms with Crippen molar-refractivity contribution in [2.75, 3.05) is 33.4 Å². The molecule has 1 aromatic carbocycles. The Labute approximate surface area is 107 Å². The molecule has 18 heavy (non-hydrogen) atoms. The van der Waals surface area contributed by atoms with Crippen LogP contribution >= 0.6 is 0 Å². The normalized spacial score (nSPS) is 10.1. The van der Waals surface area contributed by atoms with Crippen LogP contribution in [0, 0.1) is 0 Å². The second-order valence-corrected chi connectivity index (χ2v) is 3.76. The molecular formula is C13H20N2O3. The number of nitrogens with one attached hydrogen (secondary N) is 1. The molecule has 0 saturated heterocycles. The Hall–Kier alpha value is -1.59. The molecule has 1 rings (SSSR count). The maximum absolute atomic E-state index is 11.6. The molecule has 0 saturated carbocycles. The van der Waals surface area contributed by atoms with E-state index in [1.54, 1.807) is 31.4 Å². The summed E-state index contributed by atoms with van der Waals surface area (Å²) in [5, 5.41) is 2.71. The molecule has 0 heterocycles. The third-order valence-corrected chi connectivity index (χ3v) is 2.31. The third kappa shape index (κ3) is 5.16. The first-order valence-electron chi connectivity index (χ1n) is 5.98. The second-order valence-electron chi connectivity index (χ2n) is 3.76. The van der Waals surface area contributed by atoms with Crippen LogP contribution in [0.5, 0.6) is 5.75 Å². The molecule has 3 N–H and O–H groups in total. The number of methoxy groups -OCH3 is 1. The van der Waals surface area contributed by atoms with Gasteiger partial charge in [0.25, 0.3) is 5.91 Å². The fourth-order valence-corrected chi connectivity index (χ4v) is 1.38. The molecule has 0 aliphatic heterocycles. The molecule has 1 amide bonds. The summed E-state index contributed by atoms with van der Waals surface area (Å²) in [6, 6.07) is 7.03. The van der Waals surface area contributed by atoms with E-state index in [0.29, 0.717) is 31.9 Å². The molecule has 1 aromatic rings. The smallest absolute Gasteiger partial charge is 0.251 e. The van der Waals surface area contributed by atoms with Gasteiger partial charge in [-0.3, -0.25) is 4.79 Å². The Morgan fingerprint density at radius 1 is 1.28 bits per heavy atom. The van der Waals surface area contributed by atoms with Crippen LogP contribution in [-0.2, 0) is 4.74 Å². The lowest BCUT2D eigenvalue weighted by molar-refractivity contribution is 0.0954. The maximum Gasteiger partial charge on any atom is 0.251 e. The van der Waals surface area contributed by atoms with Gasteiger partial charge >= 0.3 is 0 Å². The van der Waals surface area contributed by atoms with Gasteiger partial charge in [-0.1, -0.05) is 0 Å². The zero-order valence-corrected chi connectivity index (χ0v) is 10.6. The first-order valence-corrected chi connectivity index (χ1v) is 5.98. The van der Waals surface area contributed by atoms with Gasteiger partial charge in [-0.05, 0) is 24.3 Å². The van der Waals surface area contributed by atoms with Crippen LogP contribution < -0.4 is 15.8 Å². The van der Waals surface area contributed by atoms with E-state index in [4.69, 9.17) is 15.2 Å². The van der Waals surface area contributed by atoms with Gasteiger partial charge in [0, 0.05) is 38.8 Å². The highest BCUT2D eigenvalue weighted by molar-refractivity contribution is 5.94. The molecule has 0 spiro atoms. The molecule has 0 unspecified atom stereocenters. The summed E-state index contributed by atoms with van der Waals surface area (Å²) in [4.78, 5) is 11.6. The molecule has 0 atom stereocenters. The standard InChI is InChI=1S/C13H20N2O3/c1-17-9-2-10-18-12-5-3-11(4-6-12)13(16)15-8-7-14/h3-6H,2,7-10,14H2,1H3,(H,15,16). The molecule has 0 aliphatic rings. The van der Waals surface area contributed by atoms with E-state index in [1.165, 1.54) is 0 Å². The highest BCUT2D eigenvalue weighted by Gasteiger charge is 2.04. The lowest BCUT2D eigenvalue weighted by Gasteiger charge is -2.07. The maximum atomic E-state index is 11.6. The summed E-state index contributed by atoms with van der Waals surface area (Å²) in [5.41, 5.74) is 5.92. The number of nitrogens with two attached hydrogens (primary N) is 1. The molecule has 0 radical (unpaired) electrons. The van der Waals surface area contributed by atoms with Crippen LogP contribution in [0.2, 0.25) is 0 Å². The average molecular weight is 252 g/mol. The van der Waals surface area contributed by atoms with Gasteiger partial charge in [0.2, 0.25) is 0 Å². The number of benzene rings is 1. The van der Waals surface area contributed by atoms with Crippen molar-refractivity contribution in [3.63, 3.8) is 0 Å². The van der Waals surface area contributed by atoms with Crippen molar-refractivity contribution in [2.24, 2.45) is 5.73 Å². The van der Waals surface area contributed by atoms with E-state index >= 15 is 0 Å². The van der Waals surface area contributed by atoms with Crippen molar-refractivity contribution in [3.05, 3.63) is 29.8 Å². The molecular weight excluding hydrogens is 232 g/mol. The summed E-state index contributed by atoms with van der Waals surface area (Å²) in [6.45, 7) is 2.20. The minimum atomic E-state index is -0.119. The minimum Gasteiger partial charge on any atom is -0.494 e. The van der Waals surface area contributed by atoms with E-state index in [2.05, 4.69) is 5.32 Å². The van der Waals surface area contributed by atoms with E-state index in [9.17, 15) is 4.79 Å². The van der Waals surface area contributed by atoms with Gasteiger partial charge in [0.15, 0.2) is 0 Å². The fourth-order valence-electron chi connectivity index (χ4n) is 1.38. The molecule has 0 aromatic heterocycles.